The molecule has 0 amide bonds. The van der Waals surface area contributed by atoms with Crippen LogP contribution in [-0.2, 0) is 0 Å². The van der Waals surface area contributed by atoms with Crippen molar-refractivity contribution in [2.24, 2.45) is 17.8 Å². The van der Waals surface area contributed by atoms with Crippen molar-refractivity contribution in [1.29, 1.82) is 0 Å². The quantitative estimate of drug-likeness (QED) is 0.326. The van der Waals surface area contributed by atoms with E-state index in [4.69, 9.17) is 0 Å². The van der Waals surface area contributed by atoms with Crippen molar-refractivity contribution in [2.75, 3.05) is 0 Å². The standard InChI is InChI=1S/C24H31F5O/c1-2-3-4-5-16-6-8-17(9-7-16)18-10-12-19(13-11-18)20-14-21(25)23(22(26)15-20)30-24(27,28)29/h3-4,14-19H,2,5-13H2,1H3. The van der Waals surface area contributed by atoms with Gasteiger partial charge >= 0.3 is 6.36 Å². The Bertz CT molecular complexity index is 688. The summed E-state index contributed by atoms with van der Waals surface area (Å²) in [5.41, 5.74) is 0.435. The highest BCUT2D eigenvalue weighted by molar-refractivity contribution is 5.33. The summed E-state index contributed by atoms with van der Waals surface area (Å²) in [6.07, 6.45) is 10.4. The van der Waals surface area contributed by atoms with Gasteiger partial charge in [-0.2, -0.15) is 0 Å². The van der Waals surface area contributed by atoms with Crippen molar-refractivity contribution in [2.45, 2.75) is 83.4 Å². The summed E-state index contributed by atoms with van der Waals surface area (Å²) in [7, 11) is 0. The van der Waals surface area contributed by atoms with Crippen LogP contribution in [0.4, 0.5) is 22.0 Å². The minimum atomic E-state index is -5.12. The molecular weight excluding hydrogens is 399 g/mol. The number of hydrogen-bond acceptors (Lipinski definition) is 1. The second kappa shape index (κ2) is 10.1. The largest absolute Gasteiger partial charge is 0.573 e. The highest BCUT2D eigenvalue weighted by Gasteiger charge is 2.35. The summed E-state index contributed by atoms with van der Waals surface area (Å²) >= 11 is 0. The molecule has 0 aliphatic heterocycles. The van der Waals surface area contributed by atoms with E-state index in [1.165, 1.54) is 32.1 Å². The Balaban J connectivity index is 1.52. The maximum absolute atomic E-state index is 14.0. The lowest BCUT2D eigenvalue weighted by molar-refractivity contribution is -0.276. The van der Waals surface area contributed by atoms with Crippen molar-refractivity contribution in [3.63, 3.8) is 0 Å². The number of ether oxygens (including phenoxy) is 1. The molecule has 1 aromatic rings. The van der Waals surface area contributed by atoms with Gasteiger partial charge in [-0.1, -0.05) is 19.1 Å². The molecule has 6 heteroatoms. The number of alkyl halides is 3. The van der Waals surface area contributed by atoms with Crippen molar-refractivity contribution in [3.05, 3.63) is 41.5 Å². The zero-order valence-corrected chi connectivity index (χ0v) is 17.5. The number of benzene rings is 1. The van der Waals surface area contributed by atoms with Crippen LogP contribution in [0.3, 0.4) is 0 Å². The van der Waals surface area contributed by atoms with E-state index in [0.717, 1.165) is 56.1 Å². The van der Waals surface area contributed by atoms with E-state index in [1.807, 2.05) is 0 Å². The molecule has 3 rings (SSSR count). The fourth-order valence-corrected chi connectivity index (χ4v) is 5.30. The lowest BCUT2D eigenvalue weighted by atomic mass is 9.68. The first kappa shape index (κ1) is 23.1. The Kier molecular flexibility index (Phi) is 7.81. The van der Waals surface area contributed by atoms with E-state index in [0.29, 0.717) is 11.5 Å². The Morgan fingerprint density at radius 1 is 0.867 bits per heavy atom. The SMILES string of the molecule is CCC=CCC1CCC(C2CCC(c3cc(F)c(OC(F)(F)F)c(F)c3)CC2)CC1. The third kappa shape index (κ3) is 6.21. The zero-order valence-electron chi connectivity index (χ0n) is 17.5. The van der Waals surface area contributed by atoms with Gasteiger partial charge in [0.1, 0.15) is 0 Å². The molecular formula is C24H31F5O. The number of hydrogen-bond donors (Lipinski definition) is 0. The molecule has 168 valence electrons. The topological polar surface area (TPSA) is 9.23 Å². The fraction of sp³-hybridized carbons (Fsp3) is 0.667. The molecule has 0 aromatic heterocycles. The predicted octanol–water partition coefficient (Wildman–Crippen LogP) is 8.30. The lowest BCUT2D eigenvalue weighted by Crippen LogP contribution is -2.25. The fourth-order valence-electron chi connectivity index (χ4n) is 5.30. The summed E-state index contributed by atoms with van der Waals surface area (Å²) < 4.78 is 68.5. The lowest BCUT2D eigenvalue weighted by Gasteiger charge is -2.38. The van der Waals surface area contributed by atoms with Crippen molar-refractivity contribution in [1.82, 2.24) is 0 Å². The van der Waals surface area contributed by atoms with E-state index >= 15 is 0 Å². The molecule has 2 aliphatic carbocycles. The van der Waals surface area contributed by atoms with Crippen molar-refractivity contribution >= 4 is 0 Å². The van der Waals surface area contributed by atoms with Gasteiger partial charge in [0.05, 0.1) is 0 Å². The first-order chi connectivity index (χ1) is 14.3. The van der Waals surface area contributed by atoms with Crippen LogP contribution in [0, 0.1) is 29.4 Å². The normalized spacial score (nSPS) is 28.1. The Hall–Kier alpha value is -1.59. The molecule has 0 N–H and O–H groups in total. The molecule has 0 bridgehead atoms. The summed E-state index contributed by atoms with van der Waals surface area (Å²) in [5, 5.41) is 0. The average Bonchev–Trinajstić information content (AvgIpc) is 2.71. The predicted molar refractivity (Wildman–Crippen MR) is 107 cm³/mol. The third-order valence-electron chi connectivity index (χ3n) is 6.91. The van der Waals surface area contributed by atoms with E-state index in [-0.39, 0.29) is 5.92 Å². The molecule has 2 aliphatic rings. The van der Waals surface area contributed by atoms with Gasteiger partial charge in [-0.15, -0.1) is 13.2 Å². The van der Waals surface area contributed by atoms with Gasteiger partial charge in [-0.05, 0) is 106 Å². The van der Waals surface area contributed by atoms with Gasteiger partial charge in [0.2, 0.25) is 5.75 Å². The molecule has 2 fully saturated rings. The van der Waals surface area contributed by atoms with Crippen LogP contribution in [0.2, 0.25) is 0 Å². The van der Waals surface area contributed by atoms with Gasteiger partial charge in [-0.25, -0.2) is 8.78 Å². The minimum absolute atomic E-state index is 0.0132. The van der Waals surface area contributed by atoms with E-state index in [9.17, 15) is 22.0 Å². The van der Waals surface area contributed by atoms with Crippen LogP contribution in [-0.4, -0.2) is 6.36 Å². The summed E-state index contributed by atoms with van der Waals surface area (Å²) in [4.78, 5) is 0. The number of rotatable bonds is 6. The minimum Gasteiger partial charge on any atom is -0.399 e. The van der Waals surface area contributed by atoms with Crippen molar-refractivity contribution in [3.8, 4) is 5.75 Å². The monoisotopic (exact) mass is 430 g/mol. The molecule has 0 spiro atoms. The molecule has 1 aromatic carbocycles. The summed E-state index contributed by atoms with van der Waals surface area (Å²) in [6.45, 7) is 2.15. The van der Waals surface area contributed by atoms with Gasteiger partial charge in [0, 0.05) is 0 Å². The highest BCUT2D eigenvalue weighted by Crippen LogP contribution is 2.45. The molecule has 2 saturated carbocycles. The number of halogens is 5. The Morgan fingerprint density at radius 2 is 1.40 bits per heavy atom. The van der Waals surface area contributed by atoms with Crippen LogP contribution in [0.15, 0.2) is 24.3 Å². The van der Waals surface area contributed by atoms with Crippen LogP contribution in [0.1, 0.15) is 82.6 Å². The van der Waals surface area contributed by atoms with Gasteiger partial charge < -0.3 is 4.74 Å². The van der Waals surface area contributed by atoms with Gasteiger partial charge in [0.15, 0.2) is 11.6 Å². The first-order valence-corrected chi connectivity index (χ1v) is 11.2. The van der Waals surface area contributed by atoms with Crippen LogP contribution in [0.25, 0.3) is 0 Å². The molecule has 30 heavy (non-hydrogen) atoms. The van der Waals surface area contributed by atoms with E-state index < -0.39 is 23.7 Å². The van der Waals surface area contributed by atoms with Gasteiger partial charge in [0.25, 0.3) is 0 Å². The molecule has 0 atom stereocenters. The number of allylic oxidation sites excluding steroid dienone is 2. The second-order valence-electron chi connectivity index (χ2n) is 8.87. The Labute approximate surface area is 175 Å². The smallest absolute Gasteiger partial charge is 0.399 e. The molecule has 0 radical (unpaired) electrons. The van der Waals surface area contributed by atoms with Crippen molar-refractivity contribution < 1.29 is 26.7 Å². The van der Waals surface area contributed by atoms with E-state index in [1.54, 1.807) is 0 Å². The Morgan fingerprint density at radius 3 is 1.90 bits per heavy atom. The van der Waals surface area contributed by atoms with Crippen LogP contribution < -0.4 is 4.74 Å². The summed E-state index contributed by atoms with van der Waals surface area (Å²) in [6, 6.07) is 2.01. The van der Waals surface area contributed by atoms with Gasteiger partial charge in [-0.3, -0.25) is 0 Å². The maximum Gasteiger partial charge on any atom is 0.573 e. The van der Waals surface area contributed by atoms with E-state index in [2.05, 4.69) is 23.8 Å². The van der Waals surface area contributed by atoms with Crippen LogP contribution >= 0.6 is 0 Å². The summed E-state index contributed by atoms with van der Waals surface area (Å²) in [5.74, 6) is -1.79. The third-order valence-corrected chi connectivity index (χ3v) is 6.91. The van der Waals surface area contributed by atoms with Crippen LogP contribution in [0.5, 0.6) is 5.75 Å². The average molecular weight is 431 g/mol. The molecule has 0 heterocycles. The maximum atomic E-state index is 14.0. The zero-order chi connectivity index (χ0) is 21.7. The molecule has 0 unspecified atom stereocenters. The second-order valence-corrected chi connectivity index (χ2v) is 8.87. The first-order valence-electron chi connectivity index (χ1n) is 11.2. The molecule has 0 saturated heterocycles. The highest BCUT2D eigenvalue weighted by atomic mass is 19.4. The molecule has 1 nitrogen and oxygen atoms in total.